The number of pyridine rings is 1. The van der Waals surface area contributed by atoms with Crippen LogP contribution in [0.5, 0.6) is 0 Å². The lowest BCUT2D eigenvalue weighted by Gasteiger charge is -2.20. The molecular weight excluding hydrogens is 196 g/mol. The van der Waals surface area contributed by atoms with Crippen molar-refractivity contribution in [1.82, 2.24) is 4.98 Å². The fourth-order valence-corrected chi connectivity index (χ4v) is 2.32. The number of nitrogens with zero attached hydrogens (tertiary/aromatic N) is 1. The van der Waals surface area contributed by atoms with Crippen LogP contribution in [0.3, 0.4) is 0 Å². The molecule has 0 aliphatic carbocycles. The maximum Gasteiger partial charge on any atom is 0.0704 e. The van der Waals surface area contributed by atoms with Crippen LogP contribution in [0.25, 0.3) is 10.9 Å². The van der Waals surface area contributed by atoms with Crippen LogP contribution >= 0.6 is 0 Å². The molecular formula is C14H18N2. The van der Waals surface area contributed by atoms with Crippen LogP contribution in [0.1, 0.15) is 31.7 Å². The number of benzene rings is 1. The summed E-state index contributed by atoms with van der Waals surface area (Å²) >= 11 is 0. The molecule has 0 spiro atoms. The second-order valence-electron chi connectivity index (χ2n) is 4.29. The zero-order valence-corrected chi connectivity index (χ0v) is 9.85. The number of nitrogens with two attached hydrogens (primary N) is 1. The third-order valence-corrected chi connectivity index (χ3v) is 3.16. The van der Waals surface area contributed by atoms with Gasteiger partial charge in [0.1, 0.15) is 0 Å². The highest BCUT2D eigenvalue weighted by Gasteiger charge is 2.16. The van der Waals surface area contributed by atoms with E-state index in [0.29, 0.717) is 5.92 Å². The van der Waals surface area contributed by atoms with E-state index in [2.05, 4.69) is 37.0 Å². The summed E-state index contributed by atoms with van der Waals surface area (Å²) in [4.78, 5) is 4.38. The van der Waals surface area contributed by atoms with Crippen molar-refractivity contribution in [3.8, 4) is 0 Å². The van der Waals surface area contributed by atoms with Gasteiger partial charge in [0, 0.05) is 17.6 Å². The Morgan fingerprint density at radius 3 is 2.69 bits per heavy atom. The largest absolute Gasteiger partial charge is 0.327 e. The predicted molar refractivity (Wildman–Crippen MR) is 68.4 cm³/mol. The molecule has 0 amide bonds. The number of fused-ring (bicyclic) bond motifs is 1. The summed E-state index contributed by atoms with van der Waals surface area (Å²) in [7, 11) is 0. The first-order valence-electron chi connectivity index (χ1n) is 5.83. The lowest BCUT2D eigenvalue weighted by Crippen LogP contribution is -2.24. The van der Waals surface area contributed by atoms with Gasteiger partial charge in [0.2, 0.25) is 0 Å². The Morgan fingerprint density at radius 1 is 1.25 bits per heavy atom. The SMILES string of the molecule is CCC(c1ccnc2ccccc12)C(C)N. The highest BCUT2D eigenvalue weighted by Crippen LogP contribution is 2.28. The molecule has 2 nitrogen and oxygen atoms in total. The second-order valence-corrected chi connectivity index (χ2v) is 4.29. The molecule has 0 saturated carbocycles. The van der Waals surface area contributed by atoms with Gasteiger partial charge in [0.15, 0.2) is 0 Å². The normalized spacial score (nSPS) is 14.9. The summed E-state index contributed by atoms with van der Waals surface area (Å²) in [5.74, 6) is 0.410. The monoisotopic (exact) mass is 214 g/mol. The van der Waals surface area contributed by atoms with E-state index in [1.165, 1.54) is 10.9 Å². The minimum Gasteiger partial charge on any atom is -0.327 e. The maximum absolute atomic E-state index is 6.05. The van der Waals surface area contributed by atoms with Crippen molar-refractivity contribution < 1.29 is 0 Å². The summed E-state index contributed by atoms with van der Waals surface area (Å²) in [6.45, 7) is 4.26. The first-order valence-corrected chi connectivity index (χ1v) is 5.83. The Kier molecular flexibility index (Phi) is 3.20. The van der Waals surface area contributed by atoms with Gasteiger partial charge in [-0.05, 0) is 37.0 Å². The van der Waals surface area contributed by atoms with Gasteiger partial charge in [-0.25, -0.2) is 0 Å². The molecule has 2 atom stereocenters. The molecule has 2 aromatic rings. The third-order valence-electron chi connectivity index (χ3n) is 3.16. The molecule has 84 valence electrons. The van der Waals surface area contributed by atoms with E-state index in [4.69, 9.17) is 5.73 Å². The summed E-state index contributed by atoms with van der Waals surface area (Å²) in [5, 5.41) is 1.23. The van der Waals surface area contributed by atoms with E-state index in [1.54, 1.807) is 0 Å². The molecule has 0 aliphatic heterocycles. The molecule has 0 fully saturated rings. The summed E-state index contributed by atoms with van der Waals surface area (Å²) in [5.41, 5.74) is 8.43. The van der Waals surface area contributed by atoms with Crippen LogP contribution in [-0.4, -0.2) is 11.0 Å². The average Bonchev–Trinajstić information content (AvgIpc) is 2.30. The van der Waals surface area contributed by atoms with Crippen molar-refractivity contribution >= 4 is 10.9 Å². The molecule has 0 aliphatic rings. The zero-order chi connectivity index (χ0) is 11.5. The van der Waals surface area contributed by atoms with Crippen molar-refractivity contribution in [3.63, 3.8) is 0 Å². The first-order chi connectivity index (χ1) is 7.74. The lowest BCUT2D eigenvalue weighted by atomic mass is 9.88. The molecule has 2 rings (SSSR count). The Bertz CT molecular complexity index is 472. The minimum absolute atomic E-state index is 0.177. The van der Waals surface area contributed by atoms with Gasteiger partial charge >= 0.3 is 0 Å². The number of rotatable bonds is 3. The third kappa shape index (κ3) is 1.93. The quantitative estimate of drug-likeness (QED) is 0.852. The molecule has 1 heterocycles. The van der Waals surface area contributed by atoms with Crippen LogP contribution in [-0.2, 0) is 0 Å². The Morgan fingerprint density at radius 2 is 2.00 bits per heavy atom. The van der Waals surface area contributed by atoms with E-state index in [0.717, 1.165) is 11.9 Å². The van der Waals surface area contributed by atoms with Crippen LogP contribution in [0, 0.1) is 0 Å². The number of aromatic nitrogens is 1. The van der Waals surface area contributed by atoms with Gasteiger partial charge in [-0.2, -0.15) is 0 Å². The Labute approximate surface area is 96.5 Å². The van der Waals surface area contributed by atoms with Gasteiger partial charge in [-0.1, -0.05) is 25.1 Å². The minimum atomic E-state index is 0.177. The summed E-state index contributed by atoms with van der Waals surface area (Å²) in [6.07, 6.45) is 2.94. The van der Waals surface area contributed by atoms with E-state index in [1.807, 2.05) is 18.3 Å². The van der Waals surface area contributed by atoms with Gasteiger partial charge < -0.3 is 5.73 Å². The molecule has 2 heteroatoms. The summed E-state index contributed by atoms with van der Waals surface area (Å²) < 4.78 is 0. The molecule has 2 unspecified atom stereocenters. The zero-order valence-electron chi connectivity index (χ0n) is 9.85. The molecule has 2 N–H and O–H groups in total. The van der Waals surface area contributed by atoms with Gasteiger partial charge in [0.05, 0.1) is 5.52 Å². The molecule has 0 radical (unpaired) electrons. The molecule has 0 saturated heterocycles. The average molecular weight is 214 g/mol. The second kappa shape index (κ2) is 4.62. The van der Waals surface area contributed by atoms with Crippen molar-refractivity contribution in [2.45, 2.75) is 32.2 Å². The van der Waals surface area contributed by atoms with Crippen LogP contribution < -0.4 is 5.73 Å². The molecule has 16 heavy (non-hydrogen) atoms. The summed E-state index contributed by atoms with van der Waals surface area (Å²) in [6, 6.07) is 10.5. The predicted octanol–water partition coefficient (Wildman–Crippen LogP) is 3.08. The molecule has 1 aromatic carbocycles. The van der Waals surface area contributed by atoms with Crippen LogP contribution in [0.15, 0.2) is 36.5 Å². The van der Waals surface area contributed by atoms with Gasteiger partial charge in [-0.3, -0.25) is 4.98 Å². The topological polar surface area (TPSA) is 38.9 Å². The highest BCUT2D eigenvalue weighted by molar-refractivity contribution is 5.82. The van der Waals surface area contributed by atoms with E-state index < -0.39 is 0 Å². The fourth-order valence-electron chi connectivity index (χ4n) is 2.32. The van der Waals surface area contributed by atoms with Gasteiger partial charge in [0.25, 0.3) is 0 Å². The van der Waals surface area contributed by atoms with Crippen LogP contribution in [0.2, 0.25) is 0 Å². The van der Waals surface area contributed by atoms with E-state index in [9.17, 15) is 0 Å². The number of hydrogen-bond donors (Lipinski definition) is 1. The van der Waals surface area contributed by atoms with E-state index in [-0.39, 0.29) is 6.04 Å². The fraction of sp³-hybridized carbons (Fsp3) is 0.357. The van der Waals surface area contributed by atoms with Gasteiger partial charge in [-0.15, -0.1) is 0 Å². The van der Waals surface area contributed by atoms with Crippen molar-refractivity contribution in [1.29, 1.82) is 0 Å². The lowest BCUT2D eigenvalue weighted by molar-refractivity contribution is 0.556. The Hall–Kier alpha value is -1.41. The number of para-hydroxylation sites is 1. The standard InChI is InChI=1S/C14H18N2/c1-3-11(10(2)15)12-8-9-16-14-7-5-4-6-13(12)14/h4-11H,3,15H2,1-2H3. The number of hydrogen-bond acceptors (Lipinski definition) is 2. The maximum atomic E-state index is 6.05. The molecule has 1 aromatic heterocycles. The highest BCUT2D eigenvalue weighted by atomic mass is 14.7. The molecule has 0 bridgehead atoms. The van der Waals surface area contributed by atoms with Crippen molar-refractivity contribution in [2.75, 3.05) is 0 Å². The van der Waals surface area contributed by atoms with Crippen molar-refractivity contribution in [3.05, 3.63) is 42.1 Å². The van der Waals surface area contributed by atoms with Crippen LogP contribution in [0.4, 0.5) is 0 Å². The smallest absolute Gasteiger partial charge is 0.0704 e. The first kappa shape index (κ1) is 11.1. The Balaban J connectivity index is 2.59. The van der Waals surface area contributed by atoms with Crippen molar-refractivity contribution in [2.24, 2.45) is 5.73 Å². The van der Waals surface area contributed by atoms with E-state index >= 15 is 0 Å².